The van der Waals surface area contributed by atoms with Crippen LogP contribution in [0.2, 0.25) is 10.0 Å². The predicted molar refractivity (Wildman–Crippen MR) is 124 cm³/mol. The van der Waals surface area contributed by atoms with Crippen LogP contribution in [-0.2, 0) is 16.0 Å². The summed E-state index contributed by atoms with van der Waals surface area (Å²) in [6.07, 6.45) is 1.54. The molecule has 2 heterocycles. The molecular weight excluding hydrogens is 468 g/mol. The fraction of sp³-hybridized carbons (Fsp3) is 0.375. The summed E-state index contributed by atoms with van der Waals surface area (Å²) in [6.45, 7) is 2.17. The number of amides is 3. The third-order valence-electron chi connectivity index (χ3n) is 6.12. The summed E-state index contributed by atoms with van der Waals surface area (Å²) in [6, 6.07) is 10.0. The highest BCUT2D eigenvalue weighted by Gasteiger charge is 2.38. The molecule has 2 aromatic carbocycles. The first-order valence-corrected chi connectivity index (χ1v) is 11.7. The van der Waals surface area contributed by atoms with E-state index in [0.717, 1.165) is 12.0 Å². The number of benzene rings is 2. The maximum absolute atomic E-state index is 13.2. The Hall–Kier alpha value is -2.64. The fourth-order valence-corrected chi connectivity index (χ4v) is 4.91. The van der Waals surface area contributed by atoms with Gasteiger partial charge in [0.1, 0.15) is 11.9 Å². The molecule has 2 fully saturated rings. The highest BCUT2D eigenvalue weighted by molar-refractivity contribution is 6.35. The van der Waals surface area contributed by atoms with Crippen molar-refractivity contribution in [2.24, 2.45) is 0 Å². The SMILES string of the molecule is O=C(Cc1ccc(F)cc1)N1CCN(C(=O)C2CCCN2C(=O)c2cc(Cl)cc(Cl)c2)CC1. The maximum Gasteiger partial charge on any atom is 0.254 e. The standard InChI is InChI=1S/C24H24Cl2FN3O3/c25-18-13-17(14-19(26)15-18)23(32)30-7-1-2-21(30)24(33)29-10-8-28(9-11-29)22(31)12-16-3-5-20(27)6-4-16/h3-6,13-15,21H,1-2,7-12H2. The van der Waals surface area contributed by atoms with Crippen LogP contribution in [-0.4, -0.2) is 71.2 Å². The second-order valence-corrected chi connectivity index (χ2v) is 9.20. The van der Waals surface area contributed by atoms with Gasteiger partial charge in [0.15, 0.2) is 0 Å². The molecule has 0 N–H and O–H groups in total. The Labute approximate surface area is 201 Å². The minimum atomic E-state index is -0.531. The number of hydrogen-bond donors (Lipinski definition) is 0. The van der Waals surface area contributed by atoms with Gasteiger partial charge in [-0.05, 0) is 48.7 Å². The first-order valence-electron chi connectivity index (χ1n) is 10.9. The molecule has 33 heavy (non-hydrogen) atoms. The Kier molecular flexibility index (Phi) is 7.20. The summed E-state index contributed by atoms with van der Waals surface area (Å²) in [4.78, 5) is 43.9. The van der Waals surface area contributed by atoms with Crippen molar-refractivity contribution in [2.45, 2.75) is 25.3 Å². The van der Waals surface area contributed by atoms with Crippen molar-refractivity contribution in [2.75, 3.05) is 32.7 Å². The van der Waals surface area contributed by atoms with Crippen LogP contribution in [0, 0.1) is 5.82 Å². The van der Waals surface area contributed by atoms with Crippen molar-refractivity contribution in [3.63, 3.8) is 0 Å². The van der Waals surface area contributed by atoms with E-state index in [2.05, 4.69) is 0 Å². The van der Waals surface area contributed by atoms with Crippen molar-refractivity contribution < 1.29 is 18.8 Å². The van der Waals surface area contributed by atoms with Crippen LogP contribution in [0.15, 0.2) is 42.5 Å². The van der Waals surface area contributed by atoms with E-state index in [4.69, 9.17) is 23.2 Å². The lowest BCUT2D eigenvalue weighted by Crippen LogP contribution is -2.55. The number of nitrogens with zero attached hydrogens (tertiary/aromatic N) is 3. The molecule has 0 aromatic heterocycles. The average molecular weight is 492 g/mol. The second kappa shape index (κ2) is 10.1. The third kappa shape index (κ3) is 5.47. The summed E-state index contributed by atoms with van der Waals surface area (Å²) in [5.41, 5.74) is 1.12. The van der Waals surface area contributed by atoms with Gasteiger partial charge in [0.05, 0.1) is 6.42 Å². The van der Waals surface area contributed by atoms with E-state index in [0.29, 0.717) is 54.8 Å². The predicted octanol–water partition coefficient (Wildman–Crippen LogP) is 3.65. The van der Waals surface area contributed by atoms with Gasteiger partial charge in [-0.15, -0.1) is 0 Å². The fourth-order valence-electron chi connectivity index (χ4n) is 4.39. The van der Waals surface area contributed by atoms with Gasteiger partial charge in [0.2, 0.25) is 11.8 Å². The molecule has 2 saturated heterocycles. The van der Waals surface area contributed by atoms with E-state index >= 15 is 0 Å². The topological polar surface area (TPSA) is 60.9 Å². The first-order chi connectivity index (χ1) is 15.8. The molecule has 174 valence electrons. The van der Waals surface area contributed by atoms with Gasteiger partial charge in [0, 0.05) is 48.3 Å². The van der Waals surface area contributed by atoms with Crippen LogP contribution in [0.3, 0.4) is 0 Å². The Morgan fingerprint density at radius 2 is 1.48 bits per heavy atom. The first kappa shape index (κ1) is 23.5. The highest BCUT2D eigenvalue weighted by atomic mass is 35.5. The quantitative estimate of drug-likeness (QED) is 0.655. The molecule has 0 spiro atoms. The summed E-state index contributed by atoms with van der Waals surface area (Å²) in [7, 11) is 0. The summed E-state index contributed by atoms with van der Waals surface area (Å²) < 4.78 is 13.1. The molecule has 1 unspecified atom stereocenters. The molecule has 9 heteroatoms. The van der Waals surface area contributed by atoms with Crippen LogP contribution < -0.4 is 0 Å². The molecule has 6 nitrogen and oxygen atoms in total. The number of carbonyl (C=O) groups excluding carboxylic acids is 3. The van der Waals surface area contributed by atoms with E-state index in [1.807, 2.05) is 0 Å². The van der Waals surface area contributed by atoms with Gasteiger partial charge in [-0.2, -0.15) is 0 Å². The average Bonchev–Trinajstić information content (AvgIpc) is 3.29. The number of piperazine rings is 1. The number of likely N-dealkylation sites (tertiary alicyclic amines) is 1. The van der Waals surface area contributed by atoms with Crippen LogP contribution in [0.5, 0.6) is 0 Å². The molecule has 0 aliphatic carbocycles. The van der Waals surface area contributed by atoms with Crippen molar-refractivity contribution in [1.29, 1.82) is 0 Å². The zero-order valence-electron chi connectivity index (χ0n) is 18.0. The van der Waals surface area contributed by atoms with Gasteiger partial charge < -0.3 is 14.7 Å². The molecule has 2 aliphatic heterocycles. The lowest BCUT2D eigenvalue weighted by atomic mass is 10.1. The Morgan fingerprint density at radius 3 is 2.12 bits per heavy atom. The Bertz CT molecular complexity index is 1040. The monoisotopic (exact) mass is 491 g/mol. The summed E-state index contributed by atoms with van der Waals surface area (Å²) in [5, 5.41) is 0.740. The summed E-state index contributed by atoms with van der Waals surface area (Å²) >= 11 is 12.1. The highest BCUT2D eigenvalue weighted by Crippen LogP contribution is 2.26. The molecule has 0 radical (unpaired) electrons. The van der Waals surface area contributed by atoms with Crippen molar-refractivity contribution >= 4 is 40.9 Å². The van der Waals surface area contributed by atoms with Gasteiger partial charge in [-0.3, -0.25) is 14.4 Å². The lowest BCUT2D eigenvalue weighted by molar-refractivity contribution is -0.141. The molecule has 1 atom stereocenters. The van der Waals surface area contributed by atoms with Gasteiger partial charge in [0.25, 0.3) is 5.91 Å². The van der Waals surface area contributed by atoms with Crippen LogP contribution in [0.4, 0.5) is 4.39 Å². The van der Waals surface area contributed by atoms with E-state index in [1.165, 1.54) is 12.1 Å². The molecule has 0 bridgehead atoms. The Balaban J connectivity index is 1.35. The smallest absolute Gasteiger partial charge is 0.254 e. The molecule has 2 aromatic rings. The number of rotatable bonds is 4. The molecule has 4 rings (SSSR count). The van der Waals surface area contributed by atoms with Gasteiger partial charge >= 0.3 is 0 Å². The van der Waals surface area contributed by atoms with Crippen molar-refractivity contribution in [3.05, 3.63) is 69.5 Å². The van der Waals surface area contributed by atoms with E-state index in [1.54, 1.807) is 45.0 Å². The molecule has 0 saturated carbocycles. The lowest BCUT2D eigenvalue weighted by Gasteiger charge is -2.37. The molecular formula is C24H24Cl2FN3O3. The van der Waals surface area contributed by atoms with Crippen LogP contribution in [0.1, 0.15) is 28.8 Å². The minimum Gasteiger partial charge on any atom is -0.339 e. The minimum absolute atomic E-state index is 0.0517. The van der Waals surface area contributed by atoms with Crippen molar-refractivity contribution in [3.8, 4) is 0 Å². The second-order valence-electron chi connectivity index (χ2n) is 8.32. The van der Waals surface area contributed by atoms with E-state index < -0.39 is 6.04 Å². The number of carbonyl (C=O) groups is 3. The third-order valence-corrected chi connectivity index (χ3v) is 6.56. The zero-order chi connectivity index (χ0) is 23.5. The number of halogens is 3. The van der Waals surface area contributed by atoms with E-state index in [9.17, 15) is 18.8 Å². The molecule has 3 amide bonds. The Morgan fingerprint density at radius 1 is 0.879 bits per heavy atom. The largest absolute Gasteiger partial charge is 0.339 e. The van der Waals surface area contributed by atoms with Crippen LogP contribution >= 0.6 is 23.2 Å². The van der Waals surface area contributed by atoms with Crippen molar-refractivity contribution in [1.82, 2.24) is 14.7 Å². The molecule has 2 aliphatic rings. The van der Waals surface area contributed by atoms with Gasteiger partial charge in [-0.1, -0.05) is 35.3 Å². The summed E-state index contributed by atoms with van der Waals surface area (Å²) in [5.74, 6) is -0.747. The normalized spacial score (nSPS) is 18.5. The number of hydrogen-bond acceptors (Lipinski definition) is 3. The van der Waals surface area contributed by atoms with Gasteiger partial charge in [-0.25, -0.2) is 4.39 Å². The van der Waals surface area contributed by atoms with Crippen LogP contribution in [0.25, 0.3) is 0 Å². The zero-order valence-corrected chi connectivity index (χ0v) is 19.5. The van der Waals surface area contributed by atoms with E-state index in [-0.39, 0.29) is 30.0 Å². The maximum atomic E-state index is 13.2.